The summed E-state index contributed by atoms with van der Waals surface area (Å²) in [7, 11) is 1.58. The van der Waals surface area contributed by atoms with Crippen LogP contribution < -0.4 is 48.2 Å². The first kappa shape index (κ1) is 26.1. The summed E-state index contributed by atoms with van der Waals surface area (Å²) >= 11 is 0. The van der Waals surface area contributed by atoms with Crippen LogP contribution in [0.25, 0.3) is 0 Å². The van der Waals surface area contributed by atoms with Crippen molar-refractivity contribution < 1.29 is 19.3 Å². The van der Waals surface area contributed by atoms with E-state index in [4.69, 9.17) is 48.0 Å². The van der Waals surface area contributed by atoms with Gasteiger partial charge in [-0.1, -0.05) is 0 Å². The molecule has 0 radical (unpaired) electrons. The molecule has 12 N–H and O–H groups in total. The normalized spacial score (nSPS) is 10.1. The smallest absolute Gasteiger partial charge is 0.142 e. The molecule has 0 aliphatic rings. The van der Waals surface area contributed by atoms with Crippen LogP contribution in [0.4, 0.5) is 34.1 Å². The third-order valence-electron chi connectivity index (χ3n) is 4.54. The predicted octanol–water partition coefficient (Wildman–Crippen LogP) is 2.54. The van der Waals surface area contributed by atoms with Crippen LogP contribution in [-0.4, -0.2) is 38.6 Å². The Bertz CT molecular complexity index is 994. The van der Waals surface area contributed by atoms with Crippen LogP contribution in [0, 0.1) is 0 Å². The van der Waals surface area contributed by atoms with Gasteiger partial charge in [-0.2, -0.15) is 0 Å². The average molecular weight is 471 g/mol. The van der Waals surface area contributed by atoms with E-state index in [1.807, 2.05) is 6.07 Å². The first-order valence-electron chi connectivity index (χ1n) is 10.7. The molecular formula is C24H34N6O4. The van der Waals surface area contributed by atoms with E-state index >= 15 is 0 Å². The van der Waals surface area contributed by atoms with Gasteiger partial charge in [-0.25, -0.2) is 0 Å². The monoisotopic (exact) mass is 470 g/mol. The van der Waals surface area contributed by atoms with Gasteiger partial charge < -0.3 is 53.3 Å². The molecule has 0 aromatic heterocycles. The fraction of sp³-hybridized carbons (Fsp3) is 0.250. The third kappa shape index (κ3) is 8.40. The van der Waals surface area contributed by atoms with E-state index in [1.54, 1.807) is 55.6 Å². The Kier molecular flexibility index (Phi) is 10.3. The van der Waals surface area contributed by atoms with Gasteiger partial charge in [-0.15, -0.1) is 0 Å². The summed E-state index contributed by atoms with van der Waals surface area (Å²) in [4.78, 5) is 0. The van der Waals surface area contributed by atoms with Crippen molar-refractivity contribution in [2.75, 3.05) is 67.5 Å². The number of nitrogen functional groups attached to an aromatic ring is 5. The van der Waals surface area contributed by atoms with Gasteiger partial charge in [0.2, 0.25) is 0 Å². The van der Waals surface area contributed by atoms with Crippen LogP contribution in [0.1, 0.15) is 6.42 Å². The summed E-state index contributed by atoms with van der Waals surface area (Å²) < 4.78 is 16.1. The van der Waals surface area contributed by atoms with E-state index in [0.717, 1.165) is 5.69 Å². The zero-order valence-electron chi connectivity index (χ0n) is 19.3. The minimum Gasteiger partial charge on any atom is -0.495 e. The van der Waals surface area contributed by atoms with E-state index in [-0.39, 0.29) is 6.61 Å². The fourth-order valence-electron chi connectivity index (χ4n) is 2.86. The van der Waals surface area contributed by atoms with Crippen LogP contribution >= 0.6 is 0 Å². The molecule has 0 aliphatic carbocycles. The zero-order valence-corrected chi connectivity index (χ0v) is 19.3. The maximum absolute atomic E-state index is 8.58. The van der Waals surface area contributed by atoms with Gasteiger partial charge in [0.05, 0.1) is 44.0 Å². The highest BCUT2D eigenvalue weighted by Crippen LogP contribution is 2.25. The van der Waals surface area contributed by atoms with Crippen LogP contribution in [0.2, 0.25) is 0 Å². The van der Waals surface area contributed by atoms with Crippen molar-refractivity contribution in [3.63, 3.8) is 0 Å². The van der Waals surface area contributed by atoms with Crippen LogP contribution in [0.15, 0.2) is 54.6 Å². The molecule has 3 rings (SSSR count). The number of benzene rings is 3. The number of aliphatic hydroxyl groups excluding tert-OH is 1. The van der Waals surface area contributed by atoms with Crippen molar-refractivity contribution in [1.82, 2.24) is 0 Å². The Hall–Kier alpha value is -4.18. The minimum absolute atomic E-state index is 0.103. The number of aliphatic hydroxyl groups is 1. The molecule has 0 saturated heterocycles. The van der Waals surface area contributed by atoms with Crippen LogP contribution in [0.5, 0.6) is 17.2 Å². The molecule has 0 amide bonds. The standard InChI is InChI=1S/C15H20N4O2.C9H14N2O2/c16-10-2-4-14(12(18)8-10)20-6-1-7-21-15-5-3-11(17)9-13(15)19;1-13-9-3-2-7(6-8(9)10)11-4-5-12/h2-5,8-9H,1,6-7,16-19H2;2-3,6,11-12H,4-5,10H2,1H3. The SMILES string of the molecule is COc1ccc(NCCO)cc1N.Nc1ccc(OCCCOc2ccc(N)cc2N)c(N)c1. The maximum atomic E-state index is 8.58. The maximum Gasteiger partial charge on any atom is 0.142 e. The molecule has 10 nitrogen and oxygen atoms in total. The number of ether oxygens (including phenoxy) is 3. The molecule has 184 valence electrons. The number of hydrogen-bond donors (Lipinski definition) is 7. The Balaban J connectivity index is 0.000000270. The largest absolute Gasteiger partial charge is 0.495 e. The molecule has 0 atom stereocenters. The van der Waals surface area contributed by atoms with Gasteiger partial charge in [0, 0.05) is 30.0 Å². The summed E-state index contributed by atoms with van der Waals surface area (Å²) in [6.07, 6.45) is 0.702. The number of methoxy groups -OCH3 is 1. The van der Waals surface area contributed by atoms with Gasteiger partial charge in [0.1, 0.15) is 17.2 Å². The molecule has 3 aromatic carbocycles. The number of nitrogens with one attached hydrogen (secondary N) is 1. The average Bonchev–Trinajstić information content (AvgIpc) is 2.80. The van der Waals surface area contributed by atoms with Gasteiger partial charge in [0.25, 0.3) is 0 Å². The summed E-state index contributed by atoms with van der Waals surface area (Å²) in [5.41, 5.74) is 32.3. The van der Waals surface area contributed by atoms with Crippen molar-refractivity contribution in [2.45, 2.75) is 6.42 Å². The minimum atomic E-state index is 0.103. The first-order chi connectivity index (χ1) is 16.3. The van der Waals surface area contributed by atoms with E-state index in [1.165, 1.54) is 0 Å². The summed E-state index contributed by atoms with van der Waals surface area (Å²) in [6, 6.07) is 15.7. The molecular weight excluding hydrogens is 436 g/mol. The lowest BCUT2D eigenvalue weighted by molar-refractivity contribution is 0.249. The van der Waals surface area contributed by atoms with Crippen molar-refractivity contribution in [2.24, 2.45) is 0 Å². The molecule has 0 fully saturated rings. The second kappa shape index (κ2) is 13.4. The Morgan fingerprint density at radius 3 is 1.65 bits per heavy atom. The highest BCUT2D eigenvalue weighted by Gasteiger charge is 2.03. The first-order valence-corrected chi connectivity index (χ1v) is 10.7. The number of hydrogen-bond acceptors (Lipinski definition) is 10. The van der Waals surface area contributed by atoms with Gasteiger partial charge >= 0.3 is 0 Å². The fourth-order valence-corrected chi connectivity index (χ4v) is 2.86. The van der Waals surface area contributed by atoms with E-state index in [0.29, 0.717) is 71.9 Å². The second-order valence-electron chi connectivity index (χ2n) is 7.25. The Labute approximate surface area is 199 Å². The highest BCUT2D eigenvalue weighted by molar-refractivity contribution is 5.62. The Morgan fingerprint density at radius 2 is 1.21 bits per heavy atom. The molecule has 3 aromatic rings. The van der Waals surface area contributed by atoms with Crippen LogP contribution in [-0.2, 0) is 0 Å². The summed E-state index contributed by atoms with van der Waals surface area (Å²) in [5, 5.41) is 11.6. The molecule has 10 heteroatoms. The molecule has 0 bridgehead atoms. The van der Waals surface area contributed by atoms with Crippen molar-refractivity contribution in [3.8, 4) is 17.2 Å². The lowest BCUT2D eigenvalue weighted by Crippen LogP contribution is -2.07. The second-order valence-corrected chi connectivity index (χ2v) is 7.25. The molecule has 0 spiro atoms. The third-order valence-corrected chi connectivity index (χ3v) is 4.54. The van der Waals surface area contributed by atoms with E-state index in [9.17, 15) is 0 Å². The molecule has 34 heavy (non-hydrogen) atoms. The summed E-state index contributed by atoms with van der Waals surface area (Å²) in [5.74, 6) is 1.90. The molecule has 0 aliphatic heterocycles. The number of nitrogens with two attached hydrogens (primary N) is 5. The highest BCUT2D eigenvalue weighted by atomic mass is 16.5. The van der Waals surface area contributed by atoms with E-state index in [2.05, 4.69) is 5.32 Å². The summed E-state index contributed by atoms with van der Waals surface area (Å²) in [6.45, 7) is 1.60. The van der Waals surface area contributed by atoms with Crippen molar-refractivity contribution in [1.29, 1.82) is 0 Å². The van der Waals surface area contributed by atoms with Gasteiger partial charge in [-0.3, -0.25) is 0 Å². The Morgan fingerprint density at radius 1 is 0.706 bits per heavy atom. The van der Waals surface area contributed by atoms with Crippen LogP contribution in [0.3, 0.4) is 0 Å². The molecule has 0 unspecified atom stereocenters. The lowest BCUT2D eigenvalue weighted by atomic mass is 10.2. The lowest BCUT2D eigenvalue weighted by Gasteiger charge is -2.11. The van der Waals surface area contributed by atoms with Gasteiger partial charge in [0.15, 0.2) is 0 Å². The zero-order chi connectivity index (χ0) is 24.9. The molecule has 0 heterocycles. The number of anilines is 6. The molecule has 0 saturated carbocycles. The quantitative estimate of drug-likeness (QED) is 0.171. The predicted molar refractivity (Wildman–Crippen MR) is 139 cm³/mol. The van der Waals surface area contributed by atoms with Crippen molar-refractivity contribution >= 4 is 34.1 Å². The topological polar surface area (TPSA) is 190 Å². The van der Waals surface area contributed by atoms with Crippen molar-refractivity contribution in [3.05, 3.63) is 54.6 Å². The number of rotatable bonds is 10. The van der Waals surface area contributed by atoms with E-state index < -0.39 is 0 Å². The van der Waals surface area contributed by atoms with Gasteiger partial charge in [-0.05, 0) is 54.6 Å².